The molecule has 0 heterocycles. The van der Waals surface area contributed by atoms with Gasteiger partial charge in [-0.15, -0.1) is 0 Å². The molecule has 2 aliphatic rings. The molecule has 2 saturated carbocycles. The second-order valence-electron chi connectivity index (χ2n) is 8.81. The number of benzene rings is 1. The van der Waals surface area contributed by atoms with Crippen LogP contribution in [0, 0.1) is 5.92 Å². The maximum atomic E-state index is 9.86. The van der Waals surface area contributed by atoms with E-state index in [2.05, 4.69) is 46.3 Å². The van der Waals surface area contributed by atoms with Crippen LogP contribution in [0.1, 0.15) is 56.9 Å². The lowest BCUT2D eigenvalue weighted by atomic mass is 9.84. The van der Waals surface area contributed by atoms with Gasteiger partial charge in [-0.3, -0.25) is 0 Å². The predicted molar refractivity (Wildman–Crippen MR) is 113 cm³/mol. The Kier molecular flexibility index (Phi) is 8.13. The highest BCUT2D eigenvalue weighted by molar-refractivity contribution is 5.31. The van der Waals surface area contributed by atoms with E-state index in [1.54, 1.807) is 0 Å². The molecule has 0 unspecified atom stereocenters. The van der Waals surface area contributed by atoms with E-state index in [1.165, 1.54) is 56.9 Å². The molecule has 152 valence electrons. The van der Waals surface area contributed by atoms with Crippen LogP contribution in [-0.2, 0) is 5.41 Å². The van der Waals surface area contributed by atoms with Crippen molar-refractivity contribution in [2.24, 2.45) is 5.92 Å². The van der Waals surface area contributed by atoms with Gasteiger partial charge in [0, 0.05) is 37.1 Å². The monoisotopic (exact) mass is 373 g/mol. The summed E-state index contributed by atoms with van der Waals surface area (Å²) < 4.78 is 0. The molecule has 0 spiro atoms. The van der Waals surface area contributed by atoms with Crippen molar-refractivity contribution in [2.45, 2.75) is 68.9 Å². The zero-order chi connectivity index (χ0) is 19.0. The Morgan fingerprint density at radius 2 is 1.74 bits per heavy atom. The largest absolute Gasteiger partial charge is 0.395 e. The Morgan fingerprint density at radius 1 is 1.00 bits per heavy atom. The molecule has 4 nitrogen and oxygen atoms in total. The van der Waals surface area contributed by atoms with E-state index in [1.807, 2.05) is 7.05 Å². The molecule has 2 fully saturated rings. The first-order valence-electron chi connectivity index (χ1n) is 11.0. The molecule has 2 aliphatic carbocycles. The van der Waals surface area contributed by atoms with E-state index >= 15 is 0 Å². The van der Waals surface area contributed by atoms with Crippen LogP contribution >= 0.6 is 0 Å². The predicted octanol–water partition coefficient (Wildman–Crippen LogP) is 2.82. The van der Waals surface area contributed by atoms with Gasteiger partial charge in [0.1, 0.15) is 0 Å². The SMILES string of the molecule is CNC[C@H](CC1CCCCC1)NC[C@H](CO)NCC1(c2ccccc2)CC1. The first-order valence-corrected chi connectivity index (χ1v) is 11.0. The summed E-state index contributed by atoms with van der Waals surface area (Å²) in [5, 5.41) is 20.6. The van der Waals surface area contributed by atoms with Crippen molar-refractivity contribution in [2.75, 3.05) is 33.3 Å². The number of aliphatic hydroxyl groups excluding tert-OH is 1. The summed E-state index contributed by atoms with van der Waals surface area (Å²) in [5.74, 6) is 0.873. The number of rotatable bonds is 12. The molecule has 0 aliphatic heterocycles. The van der Waals surface area contributed by atoms with Crippen molar-refractivity contribution < 1.29 is 5.11 Å². The summed E-state index contributed by atoms with van der Waals surface area (Å²) in [4.78, 5) is 0. The molecule has 27 heavy (non-hydrogen) atoms. The maximum Gasteiger partial charge on any atom is 0.0597 e. The summed E-state index contributed by atoms with van der Waals surface area (Å²) in [6.07, 6.45) is 10.8. The van der Waals surface area contributed by atoms with Crippen LogP contribution in [0.15, 0.2) is 30.3 Å². The number of hydrogen-bond donors (Lipinski definition) is 4. The third kappa shape index (κ3) is 6.28. The van der Waals surface area contributed by atoms with Crippen molar-refractivity contribution in [3.8, 4) is 0 Å². The van der Waals surface area contributed by atoms with Crippen LogP contribution in [-0.4, -0.2) is 50.5 Å². The Balaban J connectivity index is 1.44. The van der Waals surface area contributed by atoms with E-state index in [4.69, 9.17) is 0 Å². The van der Waals surface area contributed by atoms with Gasteiger partial charge in [0.2, 0.25) is 0 Å². The Morgan fingerprint density at radius 3 is 2.37 bits per heavy atom. The quantitative estimate of drug-likeness (QED) is 0.455. The van der Waals surface area contributed by atoms with Crippen LogP contribution in [0.4, 0.5) is 0 Å². The molecule has 3 rings (SSSR count). The molecule has 0 saturated heterocycles. The molecule has 1 aromatic carbocycles. The summed E-state index contributed by atoms with van der Waals surface area (Å²) in [6.45, 7) is 2.99. The third-order valence-electron chi connectivity index (χ3n) is 6.64. The topological polar surface area (TPSA) is 56.3 Å². The smallest absolute Gasteiger partial charge is 0.0597 e. The highest BCUT2D eigenvalue weighted by Crippen LogP contribution is 2.47. The number of hydrogen-bond acceptors (Lipinski definition) is 4. The first kappa shape index (κ1) is 20.8. The minimum Gasteiger partial charge on any atom is -0.395 e. The molecule has 4 N–H and O–H groups in total. The average molecular weight is 374 g/mol. The second-order valence-corrected chi connectivity index (χ2v) is 8.81. The van der Waals surface area contributed by atoms with Gasteiger partial charge in [0.05, 0.1) is 6.61 Å². The van der Waals surface area contributed by atoms with Crippen LogP contribution < -0.4 is 16.0 Å². The first-order chi connectivity index (χ1) is 13.3. The maximum absolute atomic E-state index is 9.86. The van der Waals surface area contributed by atoms with E-state index < -0.39 is 0 Å². The van der Waals surface area contributed by atoms with Gasteiger partial charge in [-0.25, -0.2) is 0 Å². The number of aliphatic hydroxyl groups is 1. The third-order valence-corrected chi connectivity index (χ3v) is 6.64. The van der Waals surface area contributed by atoms with Gasteiger partial charge in [-0.1, -0.05) is 62.4 Å². The highest BCUT2D eigenvalue weighted by Gasteiger charge is 2.43. The molecule has 4 heteroatoms. The lowest BCUT2D eigenvalue weighted by molar-refractivity contribution is 0.225. The van der Waals surface area contributed by atoms with Crippen molar-refractivity contribution >= 4 is 0 Å². The fourth-order valence-electron chi connectivity index (χ4n) is 4.67. The average Bonchev–Trinajstić information content (AvgIpc) is 3.51. The van der Waals surface area contributed by atoms with Gasteiger partial charge in [-0.2, -0.15) is 0 Å². The molecular weight excluding hydrogens is 334 g/mol. The van der Waals surface area contributed by atoms with Crippen molar-refractivity contribution in [1.29, 1.82) is 0 Å². The number of likely N-dealkylation sites (N-methyl/N-ethyl adjacent to an activating group) is 1. The zero-order valence-electron chi connectivity index (χ0n) is 17.1. The minimum absolute atomic E-state index is 0.122. The van der Waals surface area contributed by atoms with Crippen molar-refractivity contribution in [3.63, 3.8) is 0 Å². The summed E-state index contributed by atoms with van der Waals surface area (Å²) in [6, 6.07) is 11.5. The van der Waals surface area contributed by atoms with Crippen molar-refractivity contribution in [3.05, 3.63) is 35.9 Å². The van der Waals surface area contributed by atoms with Gasteiger partial charge < -0.3 is 21.1 Å². The van der Waals surface area contributed by atoms with E-state index in [0.29, 0.717) is 11.5 Å². The normalized spacial score (nSPS) is 21.7. The van der Waals surface area contributed by atoms with Crippen LogP contribution in [0.2, 0.25) is 0 Å². The number of nitrogens with one attached hydrogen (secondary N) is 3. The second kappa shape index (κ2) is 10.6. The molecule has 0 bridgehead atoms. The van der Waals surface area contributed by atoms with E-state index in [0.717, 1.165) is 25.6 Å². The fourth-order valence-corrected chi connectivity index (χ4v) is 4.67. The zero-order valence-corrected chi connectivity index (χ0v) is 17.1. The Bertz CT molecular complexity index is 526. The molecule has 0 radical (unpaired) electrons. The summed E-state index contributed by atoms with van der Waals surface area (Å²) in [7, 11) is 2.04. The van der Waals surface area contributed by atoms with Gasteiger partial charge >= 0.3 is 0 Å². The Labute approximate surface area is 165 Å². The lowest BCUT2D eigenvalue weighted by Gasteiger charge is -2.29. The van der Waals surface area contributed by atoms with Gasteiger partial charge in [-0.05, 0) is 37.8 Å². The molecular formula is C23H39N3O. The molecule has 2 atom stereocenters. The van der Waals surface area contributed by atoms with Crippen LogP contribution in [0.5, 0.6) is 0 Å². The van der Waals surface area contributed by atoms with Crippen LogP contribution in [0.25, 0.3) is 0 Å². The standard InChI is InChI=1S/C23H39N3O/c1-24-15-21(14-19-8-4-2-5-9-19)25-16-22(17-27)26-18-23(12-13-23)20-10-6-3-7-11-20/h3,6-7,10-11,19,21-22,24-27H,2,4-5,8-9,12-18H2,1H3/t21-,22+/m0/s1. The highest BCUT2D eigenvalue weighted by atomic mass is 16.3. The summed E-state index contributed by atoms with van der Waals surface area (Å²) in [5.41, 5.74) is 1.73. The fraction of sp³-hybridized carbons (Fsp3) is 0.739. The Hall–Kier alpha value is -0.940. The van der Waals surface area contributed by atoms with Crippen LogP contribution in [0.3, 0.4) is 0 Å². The van der Waals surface area contributed by atoms with Gasteiger partial charge in [0.25, 0.3) is 0 Å². The van der Waals surface area contributed by atoms with Gasteiger partial charge in [0.15, 0.2) is 0 Å². The minimum atomic E-state index is 0.122. The molecule has 0 amide bonds. The molecule has 0 aromatic heterocycles. The summed E-state index contributed by atoms with van der Waals surface area (Å²) >= 11 is 0. The van der Waals surface area contributed by atoms with Crippen molar-refractivity contribution in [1.82, 2.24) is 16.0 Å². The molecule has 1 aromatic rings. The van der Waals surface area contributed by atoms with E-state index in [9.17, 15) is 5.11 Å². The lowest BCUT2D eigenvalue weighted by Crippen LogP contribution is -2.49. The van der Waals surface area contributed by atoms with E-state index in [-0.39, 0.29) is 12.6 Å².